The SMILES string of the molecule is CNCc1cc(C)nn1C.NNc1nc(N)cc(OCc2ccc(C=O)cc2Cl)c1N. The molecule has 166 valence electrons. The predicted octanol–water partition coefficient (Wildman–Crippen LogP) is 2.02. The normalized spacial score (nSPS) is 10.2. The number of aryl methyl sites for hydroxylation is 2. The molecular formula is C20H27ClN8O2. The van der Waals surface area contributed by atoms with Gasteiger partial charge in [-0.3, -0.25) is 9.48 Å². The summed E-state index contributed by atoms with van der Waals surface area (Å²) in [4.78, 5) is 14.6. The first-order chi connectivity index (χ1) is 14.8. The predicted molar refractivity (Wildman–Crippen MR) is 123 cm³/mol. The van der Waals surface area contributed by atoms with Gasteiger partial charge in [0.2, 0.25) is 0 Å². The molecule has 2 heterocycles. The average Bonchev–Trinajstić information content (AvgIpc) is 3.06. The molecule has 0 aliphatic heterocycles. The van der Waals surface area contributed by atoms with Gasteiger partial charge in [0.05, 0.1) is 11.4 Å². The van der Waals surface area contributed by atoms with E-state index in [4.69, 9.17) is 33.6 Å². The van der Waals surface area contributed by atoms with Crippen LogP contribution >= 0.6 is 11.6 Å². The van der Waals surface area contributed by atoms with Crippen LogP contribution in [-0.2, 0) is 20.2 Å². The van der Waals surface area contributed by atoms with Crippen LogP contribution in [0.25, 0.3) is 0 Å². The molecule has 0 atom stereocenters. The van der Waals surface area contributed by atoms with Crippen LogP contribution in [0.5, 0.6) is 5.75 Å². The van der Waals surface area contributed by atoms with Crippen molar-refractivity contribution in [3.05, 3.63) is 57.9 Å². The number of rotatable bonds is 7. The van der Waals surface area contributed by atoms with Gasteiger partial charge in [0.15, 0.2) is 5.82 Å². The molecule has 8 N–H and O–H groups in total. The lowest BCUT2D eigenvalue weighted by atomic mass is 10.1. The topological polar surface area (TPSA) is 159 Å². The Bertz CT molecular complexity index is 1040. The summed E-state index contributed by atoms with van der Waals surface area (Å²) in [5.74, 6) is 6.08. The molecule has 10 nitrogen and oxygen atoms in total. The highest BCUT2D eigenvalue weighted by Gasteiger charge is 2.10. The van der Waals surface area contributed by atoms with E-state index in [2.05, 4.69) is 26.9 Å². The number of carbonyl (C=O) groups excluding carboxylic acids is 1. The molecule has 0 amide bonds. The van der Waals surface area contributed by atoms with Crippen LogP contribution < -0.4 is 32.8 Å². The first-order valence-electron chi connectivity index (χ1n) is 9.32. The van der Waals surface area contributed by atoms with Gasteiger partial charge in [-0.25, -0.2) is 10.8 Å². The third-order valence-corrected chi connectivity index (χ3v) is 4.58. The Morgan fingerprint density at radius 3 is 2.55 bits per heavy atom. The van der Waals surface area contributed by atoms with Gasteiger partial charge in [-0.15, -0.1) is 0 Å². The molecule has 2 aromatic heterocycles. The number of nitrogens with two attached hydrogens (primary N) is 3. The van der Waals surface area contributed by atoms with E-state index in [9.17, 15) is 4.79 Å². The fourth-order valence-electron chi connectivity index (χ4n) is 2.70. The maximum absolute atomic E-state index is 10.7. The van der Waals surface area contributed by atoms with E-state index in [1.54, 1.807) is 18.2 Å². The number of nitrogens with zero attached hydrogens (tertiary/aromatic N) is 3. The second-order valence-electron chi connectivity index (χ2n) is 6.64. The summed E-state index contributed by atoms with van der Waals surface area (Å²) in [5.41, 5.74) is 17.6. The molecule has 0 unspecified atom stereocenters. The number of hydrogen-bond donors (Lipinski definition) is 5. The molecule has 0 aliphatic carbocycles. The zero-order chi connectivity index (χ0) is 23.0. The molecule has 0 aliphatic rings. The molecule has 1 aromatic carbocycles. The zero-order valence-corrected chi connectivity index (χ0v) is 18.4. The molecule has 11 heteroatoms. The minimum absolute atomic E-state index is 0.162. The van der Waals surface area contributed by atoms with Crippen LogP contribution in [0, 0.1) is 6.92 Å². The summed E-state index contributed by atoms with van der Waals surface area (Å²) in [7, 11) is 3.89. The molecular weight excluding hydrogens is 420 g/mol. The zero-order valence-electron chi connectivity index (χ0n) is 17.6. The number of nitrogen functional groups attached to an aromatic ring is 3. The lowest BCUT2D eigenvalue weighted by molar-refractivity contribution is 0.112. The maximum Gasteiger partial charge on any atom is 0.169 e. The largest absolute Gasteiger partial charge is 0.486 e. The fourth-order valence-corrected chi connectivity index (χ4v) is 2.94. The van der Waals surface area contributed by atoms with Crippen LogP contribution in [0.2, 0.25) is 5.02 Å². The first-order valence-corrected chi connectivity index (χ1v) is 9.70. The van der Waals surface area contributed by atoms with Crippen molar-refractivity contribution in [2.75, 3.05) is 23.9 Å². The van der Waals surface area contributed by atoms with E-state index < -0.39 is 0 Å². The summed E-state index contributed by atoms with van der Waals surface area (Å²) in [6.07, 6.45) is 0.720. The van der Waals surface area contributed by atoms with Crippen molar-refractivity contribution in [1.29, 1.82) is 0 Å². The van der Waals surface area contributed by atoms with Crippen LogP contribution in [0.4, 0.5) is 17.3 Å². The highest BCUT2D eigenvalue weighted by atomic mass is 35.5. The van der Waals surface area contributed by atoms with Crippen molar-refractivity contribution in [1.82, 2.24) is 20.1 Å². The minimum atomic E-state index is 0.162. The molecule has 3 aromatic rings. The van der Waals surface area contributed by atoms with Gasteiger partial charge < -0.3 is 26.9 Å². The smallest absolute Gasteiger partial charge is 0.169 e. The van der Waals surface area contributed by atoms with Crippen molar-refractivity contribution in [2.24, 2.45) is 12.9 Å². The van der Waals surface area contributed by atoms with Crippen molar-refractivity contribution >= 4 is 35.2 Å². The Hall–Kier alpha value is -3.34. The van der Waals surface area contributed by atoms with E-state index in [0.717, 1.165) is 18.5 Å². The second kappa shape index (κ2) is 11.2. The molecule has 0 saturated carbocycles. The summed E-state index contributed by atoms with van der Waals surface area (Å²) < 4.78 is 7.48. The number of hydrazine groups is 1. The molecule has 0 radical (unpaired) electrons. The minimum Gasteiger partial charge on any atom is -0.486 e. The number of aromatic nitrogens is 3. The van der Waals surface area contributed by atoms with Crippen LogP contribution in [0.15, 0.2) is 30.3 Å². The first kappa shape index (κ1) is 23.9. The number of pyridine rings is 1. The molecule has 0 fully saturated rings. The van der Waals surface area contributed by atoms with Crippen molar-refractivity contribution in [2.45, 2.75) is 20.1 Å². The summed E-state index contributed by atoms with van der Waals surface area (Å²) in [6.45, 7) is 3.05. The highest BCUT2D eigenvalue weighted by molar-refractivity contribution is 6.31. The van der Waals surface area contributed by atoms with Crippen LogP contribution in [0.1, 0.15) is 27.3 Å². The standard InChI is InChI=1S/C13H14ClN5O2.C7H13N3/c14-9-3-7(5-20)1-2-8(9)6-21-10-4-11(15)18-13(19-17)12(10)16;1-6-4-7(5-8-2)10(3)9-6/h1-5H,6,16-17H2,(H3,15,18,19);4,8H,5H2,1-3H3. The number of ether oxygens (including phenoxy) is 1. The quantitative estimate of drug-likeness (QED) is 0.208. The summed E-state index contributed by atoms with van der Waals surface area (Å²) in [6, 6.07) is 8.48. The lowest BCUT2D eigenvalue weighted by Crippen LogP contribution is -2.13. The van der Waals surface area contributed by atoms with Crippen molar-refractivity contribution < 1.29 is 9.53 Å². The van der Waals surface area contributed by atoms with Crippen molar-refractivity contribution in [3.8, 4) is 5.75 Å². The number of benzene rings is 1. The number of anilines is 3. The maximum atomic E-state index is 10.7. The number of hydrogen-bond acceptors (Lipinski definition) is 9. The summed E-state index contributed by atoms with van der Waals surface area (Å²) >= 11 is 6.06. The van der Waals surface area contributed by atoms with Gasteiger partial charge in [-0.05, 0) is 26.1 Å². The lowest BCUT2D eigenvalue weighted by Gasteiger charge is -2.13. The van der Waals surface area contributed by atoms with E-state index >= 15 is 0 Å². The number of nitrogens with one attached hydrogen (secondary N) is 2. The van der Waals surface area contributed by atoms with Gasteiger partial charge in [-0.2, -0.15) is 5.10 Å². The highest BCUT2D eigenvalue weighted by Crippen LogP contribution is 2.30. The molecule has 31 heavy (non-hydrogen) atoms. The second-order valence-corrected chi connectivity index (χ2v) is 7.05. The van der Waals surface area contributed by atoms with Gasteiger partial charge in [0, 0.05) is 35.8 Å². The van der Waals surface area contributed by atoms with Crippen LogP contribution in [0.3, 0.4) is 0 Å². The molecule has 0 bridgehead atoms. The van der Waals surface area contributed by atoms with Gasteiger partial charge in [-0.1, -0.05) is 23.7 Å². The third-order valence-electron chi connectivity index (χ3n) is 4.23. The Kier molecular flexibility index (Phi) is 8.62. The Balaban J connectivity index is 0.000000285. The van der Waals surface area contributed by atoms with Gasteiger partial charge >= 0.3 is 0 Å². The Morgan fingerprint density at radius 1 is 1.26 bits per heavy atom. The molecule has 0 spiro atoms. The molecule has 3 rings (SSSR count). The van der Waals surface area contributed by atoms with Gasteiger partial charge in [0.1, 0.15) is 30.1 Å². The van der Waals surface area contributed by atoms with Gasteiger partial charge in [0.25, 0.3) is 0 Å². The Morgan fingerprint density at radius 2 is 2.00 bits per heavy atom. The number of halogens is 1. The third kappa shape index (κ3) is 6.57. The molecule has 0 saturated heterocycles. The van der Waals surface area contributed by atoms with E-state index in [1.165, 1.54) is 11.8 Å². The van der Waals surface area contributed by atoms with Crippen molar-refractivity contribution in [3.63, 3.8) is 0 Å². The number of aldehydes is 1. The monoisotopic (exact) mass is 446 g/mol. The van der Waals surface area contributed by atoms with E-state index in [-0.39, 0.29) is 23.9 Å². The average molecular weight is 447 g/mol. The van der Waals surface area contributed by atoms with E-state index in [1.807, 2.05) is 25.7 Å². The van der Waals surface area contributed by atoms with E-state index in [0.29, 0.717) is 21.9 Å². The fraction of sp³-hybridized carbons (Fsp3) is 0.250. The summed E-state index contributed by atoms with van der Waals surface area (Å²) in [5, 5.41) is 7.71. The van der Waals surface area contributed by atoms with Crippen LogP contribution in [-0.4, -0.2) is 28.1 Å². The number of carbonyl (C=O) groups is 1. The Labute approximate surface area is 185 Å².